The van der Waals surface area contributed by atoms with Crippen molar-refractivity contribution < 1.29 is 0 Å². The summed E-state index contributed by atoms with van der Waals surface area (Å²) in [4.78, 5) is 0. The van der Waals surface area contributed by atoms with Gasteiger partial charge in [-0.2, -0.15) is 0 Å². The Labute approximate surface area is 46.0 Å². The summed E-state index contributed by atoms with van der Waals surface area (Å²) in [6.07, 6.45) is 1.37. The van der Waals surface area contributed by atoms with E-state index in [0.29, 0.717) is 0 Å². The van der Waals surface area contributed by atoms with Gasteiger partial charge in [0.05, 0.1) is 0 Å². The van der Waals surface area contributed by atoms with Crippen molar-refractivity contribution in [1.29, 1.82) is 0 Å². The Hall–Kier alpha value is 0.814. The molecule has 0 saturated heterocycles. The van der Waals surface area contributed by atoms with E-state index in [1.165, 1.54) is 16.7 Å². The Balaban J connectivity index is 2.54. The van der Waals surface area contributed by atoms with Crippen molar-refractivity contribution in [3.63, 3.8) is 0 Å². The minimum atomic E-state index is 1.02. The summed E-state index contributed by atoms with van der Waals surface area (Å²) in [5.74, 6) is 0. The summed E-state index contributed by atoms with van der Waals surface area (Å²) >= 11 is 2.28. The van der Waals surface area contributed by atoms with Crippen LogP contribution in [-0.2, 0) is 0 Å². The quantitative estimate of drug-likeness (QED) is 0.378. The molecule has 0 aromatic rings. The van der Waals surface area contributed by atoms with Gasteiger partial charge in [-0.3, -0.25) is 0 Å². The summed E-state index contributed by atoms with van der Waals surface area (Å²) in [5, 5.41) is 0. The molecular formula is C3H9LiSi. The summed E-state index contributed by atoms with van der Waals surface area (Å²) in [5.41, 5.74) is 0. The molecule has 0 nitrogen and oxygen atoms in total. The van der Waals surface area contributed by atoms with E-state index in [1.54, 1.807) is 0 Å². The average molecular weight is 80.1 g/mol. The van der Waals surface area contributed by atoms with Crippen LogP contribution < -0.4 is 0 Å². The minimum absolute atomic E-state index is 1.02. The second-order valence-corrected chi connectivity index (χ2v) is 3.77. The molecule has 0 bridgehead atoms. The summed E-state index contributed by atoms with van der Waals surface area (Å²) < 4.78 is 1.02. The zero-order chi connectivity index (χ0) is 4.28. The third-order valence-corrected chi connectivity index (χ3v) is 1.63. The van der Waals surface area contributed by atoms with E-state index in [2.05, 4.69) is 24.6 Å². The van der Waals surface area contributed by atoms with Gasteiger partial charge >= 0.3 is 45.5 Å². The maximum atomic E-state index is 2.28. The fourth-order valence-corrected chi connectivity index (χ4v) is 0. The van der Waals surface area contributed by atoms with Crippen LogP contribution in [0, 0.1) is 0 Å². The molecule has 0 aliphatic carbocycles. The Morgan fingerprint density at radius 1 is 2.00 bits per heavy atom. The van der Waals surface area contributed by atoms with Gasteiger partial charge in [-0.1, -0.05) is 0 Å². The molecule has 0 aliphatic heterocycles. The first-order valence-corrected chi connectivity index (χ1v) is 3.42. The van der Waals surface area contributed by atoms with E-state index in [0.717, 1.165) is 4.21 Å². The monoisotopic (exact) mass is 80.1 g/mol. The van der Waals surface area contributed by atoms with Crippen molar-refractivity contribution in [3.05, 3.63) is 0 Å². The first-order chi connectivity index (χ1) is 2.27. The third kappa shape index (κ3) is 4.81. The van der Waals surface area contributed by atoms with E-state index in [-0.39, 0.29) is 0 Å². The molecule has 0 radical (unpaired) electrons. The van der Waals surface area contributed by atoms with Crippen LogP contribution in [0.4, 0.5) is 0 Å². The van der Waals surface area contributed by atoms with Crippen LogP contribution >= 0.6 is 0 Å². The van der Waals surface area contributed by atoms with Crippen molar-refractivity contribution in [2.24, 2.45) is 0 Å². The molecule has 0 fully saturated rings. The molecule has 26 valence electrons. The number of hydrogen-bond acceptors (Lipinski definition) is 0. The molecule has 0 heterocycles. The average Bonchev–Trinajstić information content (AvgIpc) is 1.38. The van der Waals surface area contributed by atoms with Crippen LogP contribution in [0.5, 0.6) is 0 Å². The molecule has 0 aliphatic rings. The van der Waals surface area contributed by atoms with Crippen LogP contribution in [0.2, 0.25) is 4.21 Å². The fraction of sp³-hybridized carbons (Fsp3) is 1.00. The second-order valence-electron chi connectivity index (χ2n) is 1.80. The van der Waals surface area contributed by atoms with Gasteiger partial charge in [0, 0.05) is 0 Å². The molecule has 0 aromatic heterocycles. The molecule has 0 spiro atoms. The summed E-state index contributed by atoms with van der Waals surface area (Å²) in [6.45, 7) is 2.23. The Morgan fingerprint density at radius 2 is 2.20 bits per heavy atom. The SMILES string of the molecule is [Li][CH]([SiH3])CC. The Bertz CT molecular complexity index is 20.9. The van der Waals surface area contributed by atoms with Crippen LogP contribution in [0.15, 0.2) is 0 Å². The van der Waals surface area contributed by atoms with E-state index in [4.69, 9.17) is 0 Å². The van der Waals surface area contributed by atoms with Gasteiger partial charge in [-0.15, -0.1) is 0 Å². The van der Waals surface area contributed by atoms with E-state index in [9.17, 15) is 0 Å². The molecule has 1 unspecified atom stereocenters. The predicted molar refractivity (Wildman–Crippen MR) is 29.7 cm³/mol. The van der Waals surface area contributed by atoms with Crippen LogP contribution in [0.25, 0.3) is 0 Å². The molecule has 1 atom stereocenters. The summed E-state index contributed by atoms with van der Waals surface area (Å²) in [7, 11) is 1.37. The van der Waals surface area contributed by atoms with Gasteiger partial charge in [-0.25, -0.2) is 0 Å². The topological polar surface area (TPSA) is 0 Å². The zero-order valence-corrected chi connectivity index (χ0v) is 6.28. The van der Waals surface area contributed by atoms with Gasteiger partial charge in [0.1, 0.15) is 0 Å². The Morgan fingerprint density at radius 3 is 2.20 bits per heavy atom. The molecule has 0 aromatic carbocycles. The normalized spacial score (nSPS) is 15.8. The first kappa shape index (κ1) is 5.81. The van der Waals surface area contributed by atoms with Crippen molar-refractivity contribution >= 4 is 28.0 Å². The van der Waals surface area contributed by atoms with Gasteiger partial charge in [0.15, 0.2) is 0 Å². The third-order valence-electron chi connectivity index (χ3n) is 0.816. The van der Waals surface area contributed by atoms with E-state index < -0.39 is 0 Å². The Kier molecular flexibility index (Phi) is 3.51. The second kappa shape index (κ2) is 3.02. The molecule has 0 N–H and O–H groups in total. The fourth-order valence-electron chi connectivity index (χ4n) is 0. The van der Waals surface area contributed by atoms with Crippen LogP contribution in [-0.4, -0.2) is 28.0 Å². The molecule has 0 saturated carbocycles. The van der Waals surface area contributed by atoms with Gasteiger partial charge < -0.3 is 0 Å². The van der Waals surface area contributed by atoms with Crippen LogP contribution in [0.1, 0.15) is 13.3 Å². The zero-order valence-electron chi connectivity index (χ0n) is 4.28. The number of hydrogen-bond donors (Lipinski definition) is 0. The van der Waals surface area contributed by atoms with Crippen molar-refractivity contribution in [3.8, 4) is 0 Å². The van der Waals surface area contributed by atoms with Crippen molar-refractivity contribution in [1.82, 2.24) is 0 Å². The molecule has 2 heteroatoms. The standard InChI is InChI=1S/C3H9Si.Li/c1-2-3-4;/h3H,2H2,1,4H3;. The molecular weight excluding hydrogens is 71.1 g/mol. The molecule has 0 rings (SSSR count). The predicted octanol–water partition coefficient (Wildman–Crippen LogP) is -0.324. The van der Waals surface area contributed by atoms with Gasteiger partial charge in [0.2, 0.25) is 0 Å². The summed E-state index contributed by atoms with van der Waals surface area (Å²) in [6, 6.07) is 0. The van der Waals surface area contributed by atoms with E-state index >= 15 is 0 Å². The van der Waals surface area contributed by atoms with Gasteiger partial charge in [0.25, 0.3) is 0 Å². The molecule has 5 heavy (non-hydrogen) atoms. The van der Waals surface area contributed by atoms with Crippen molar-refractivity contribution in [2.45, 2.75) is 17.6 Å². The molecule has 0 amide bonds. The number of rotatable bonds is 1. The van der Waals surface area contributed by atoms with Gasteiger partial charge in [-0.05, 0) is 0 Å². The van der Waals surface area contributed by atoms with Crippen LogP contribution in [0.3, 0.4) is 0 Å². The maximum absolute atomic E-state index is 2.28. The van der Waals surface area contributed by atoms with Crippen molar-refractivity contribution in [2.75, 3.05) is 0 Å². The first-order valence-electron chi connectivity index (χ1n) is 2.27. The van der Waals surface area contributed by atoms with E-state index in [1.807, 2.05) is 0 Å².